The topological polar surface area (TPSA) is 78.7 Å². The van der Waals surface area contributed by atoms with Crippen LogP contribution in [0.1, 0.15) is 25.5 Å². The zero-order valence-electron chi connectivity index (χ0n) is 17.1. The number of amides is 2. The van der Waals surface area contributed by atoms with Crippen LogP contribution < -0.4 is 10.2 Å². The van der Waals surface area contributed by atoms with Gasteiger partial charge in [0.1, 0.15) is 5.76 Å². The van der Waals surface area contributed by atoms with E-state index in [0.717, 1.165) is 31.6 Å². The lowest BCUT2D eigenvalue weighted by molar-refractivity contribution is -0.128. The molecule has 1 aromatic heterocycles. The first-order valence-corrected chi connectivity index (χ1v) is 10.9. The number of anilines is 2. The average molecular weight is 417 g/mol. The number of aromatic nitrogens is 1. The highest BCUT2D eigenvalue weighted by Gasteiger charge is 2.30. The van der Waals surface area contributed by atoms with E-state index in [1.807, 2.05) is 23.1 Å². The maximum Gasteiger partial charge on any atom is 0.238 e. The number of aryl methyl sites for hydroxylation is 1. The van der Waals surface area contributed by atoms with Crippen LogP contribution in [0, 0.1) is 6.92 Å². The molecule has 0 spiro atoms. The molecule has 1 aliphatic rings. The first-order chi connectivity index (χ1) is 13.9. The summed E-state index contributed by atoms with van der Waals surface area (Å²) in [5, 5.41) is 6.12. The van der Waals surface area contributed by atoms with E-state index in [4.69, 9.17) is 4.52 Å². The van der Waals surface area contributed by atoms with Crippen molar-refractivity contribution in [3.8, 4) is 0 Å². The van der Waals surface area contributed by atoms with Gasteiger partial charge < -0.3 is 19.6 Å². The molecule has 29 heavy (non-hydrogen) atoms. The molecular formula is C21H28N4O3S. The van der Waals surface area contributed by atoms with Gasteiger partial charge >= 0.3 is 0 Å². The van der Waals surface area contributed by atoms with E-state index < -0.39 is 0 Å². The van der Waals surface area contributed by atoms with Crippen molar-refractivity contribution in [2.24, 2.45) is 0 Å². The number of hydrogen-bond donors (Lipinski definition) is 1. The van der Waals surface area contributed by atoms with Crippen molar-refractivity contribution < 1.29 is 14.1 Å². The van der Waals surface area contributed by atoms with Crippen LogP contribution in [-0.2, 0) is 9.59 Å². The number of carbonyl (C=O) groups excluding carboxylic acids is 2. The molecule has 2 atom stereocenters. The predicted octanol–water partition coefficient (Wildman–Crippen LogP) is 3.17. The maximum absolute atomic E-state index is 12.8. The van der Waals surface area contributed by atoms with Crippen LogP contribution in [0.3, 0.4) is 0 Å². The van der Waals surface area contributed by atoms with Gasteiger partial charge in [0.2, 0.25) is 11.8 Å². The molecule has 156 valence electrons. The summed E-state index contributed by atoms with van der Waals surface area (Å²) in [7, 11) is 2.06. The summed E-state index contributed by atoms with van der Waals surface area (Å²) in [4.78, 5) is 29.2. The maximum atomic E-state index is 12.8. The van der Waals surface area contributed by atoms with Crippen molar-refractivity contribution in [2.45, 2.75) is 38.0 Å². The number of likely N-dealkylation sites (N-methyl/N-ethyl adjacent to an activating group) is 1. The largest absolute Gasteiger partial charge is 0.373 e. The lowest BCUT2D eigenvalue weighted by atomic mass is 10.2. The summed E-state index contributed by atoms with van der Waals surface area (Å²) in [5.74, 6) is 1.23. The van der Waals surface area contributed by atoms with Gasteiger partial charge in [-0.3, -0.25) is 9.59 Å². The second kappa shape index (κ2) is 9.82. The predicted molar refractivity (Wildman–Crippen MR) is 116 cm³/mol. The third-order valence-corrected chi connectivity index (χ3v) is 6.21. The van der Waals surface area contributed by atoms with Gasteiger partial charge in [-0.05, 0) is 38.8 Å². The Morgan fingerprint density at radius 3 is 2.83 bits per heavy atom. The summed E-state index contributed by atoms with van der Waals surface area (Å²) in [6.07, 6.45) is 2.03. The van der Waals surface area contributed by atoms with Crippen molar-refractivity contribution in [1.29, 1.82) is 0 Å². The summed E-state index contributed by atoms with van der Waals surface area (Å²) < 4.78 is 4.95. The Morgan fingerprint density at radius 1 is 1.38 bits per heavy atom. The Labute approximate surface area is 175 Å². The molecule has 2 aromatic rings. The molecule has 2 amide bonds. The fraction of sp³-hybridized carbons (Fsp3) is 0.476. The van der Waals surface area contributed by atoms with E-state index in [1.54, 1.807) is 19.9 Å². The van der Waals surface area contributed by atoms with E-state index in [9.17, 15) is 9.59 Å². The molecule has 1 fully saturated rings. The molecule has 0 radical (unpaired) electrons. The quantitative estimate of drug-likeness (QED) is 0.712. The van der Waals surface area contributed by atoms with Crippen LogP contribution in [0.15, 0.2) is 40.9 Å². The number of benzene rings is 1. The Balaban J connectivity index is 1.48. The highest BCUT2D eigenvalue weighted by molar-refractivity contribution is 8.01. The molecule has 3 rings (SSSR count). The number of carbonyl (C=O) groups is 2. The Bertz CT molecular complexity index is 826. The van der Waals surface area contributed by atoms with Gasteiger partial charge in [0.25, 0.3) is 0 Å². The minimum Gasteiger partial charge on any atom is -0.373 e. The molecule has 1 saturated heterocycles. The number of nitrogens with zero attached hydrogens (tertiary/aromatic N) is 3. The normalized spacial score (nSPS) is 17.2. The van der Waals surface area contributed by atoms with E-state index in [0.29, 0.717) is 11.6 Å². The summed E-state index contributed by atoms with van der Waals surface area (Å²) >= 11 is 1.35. The van der Waals surface area contributed by atoms with Crippen LogP contribution in [0.2, 0.25) is 0 Å². The Hall–Kier alpha value is -2.48. The smallest absolute Gasteiger partial charge is 0.238 e. The average Bonchev–Trinajstić information content (AvgIpc) is 3.35. The van der Waals surface area contributed by atoms with E-state index in [1.165, 1.54) is 11.8 Å². The van der Waals surface area contributed by atoms with Crippen LogP contribution in [0.25, 0.3) is 0 Å². The zero-order valence-corrected chi connectivity index (χ0v) is 17.9. The second-order valence-corrected chi connectivity index (χ2v) is 8.69. The van der Waals surface area contributed by atoms with E-state index in [2.05, 4.69) is 34.6 Å². The molecule has 1 aliphatic heterocycles. The van der Waals surface area contributed by atoms with Gasteiger partial charge in [-0.2, -0.15) is 0 Å². The number of nitrogens with one attached hydrogen (secondary N) is 1. The molecule has 7 nitrogen and oxygen atoms in total. The summed E-state index contributed by atoms with van der Waals surface area (Å²) in [6, 6.07) is 12.1. The van der Waals surface area contributed by atoms with Crippen LogP contribution in [-0.4, -0.2) is 59.1 Å². The van der Waals surface area contributed by atoms with Gasteiger partial charge in [-0.1, -0.05) is 23.4 Å². The van der Waals surface area contributed by atoms with Crippen LogP contribution in [0.5, 0.6) is 0 Å². The molecule has 8 heteroatoms. The molecule has 0 aliphatic carbocycles. The number of likely N-dealkylation sites (tertiary alicyclic amines) is 1. The standard InChI is InChI=1S/C21H28N4O3S/c1-15-12-19(23-28-15)22-21(27)16(2)29-14-20(26)25-11-7-10-18(25)13-24(3)17-8-5-4-6-9-17/h4-6,8-9,12,16,18H,7,10-11,13-14H2,1-3H3,(H,22,23,27)/t16-,18+/m0/s1. The fourth-order valence-corrected chi connectivity index (χ4v) is 4.23. The first kappa shape index (κ1) is 21.2. The minimum atomic E-state index is -0.357. The number of rotatable bonds is 8. The van der Waals surface area contributed by atoms with Crippen molar-refractivity contribution in [3.63, 3.8) is 0 Å². The van der Waals surface area contributed by atoms with E-state index >= 15 is 0 Å². The lowest BCUT2D eigenvalue weighted by Crippen LogP contribution is -2.43. The summed E-state index contributed by atoms with van der Waals surface area (Å²) in [5.41, 5.74) is 1.15. The number of hydrogen-bond acceptors (Lipinski definition) is 6. The third-order valence-electron chi connectivity index (χ3n) is 5.08. The molecule has 0 unspecified atom stereocenters. The minimum absolute atomic E-state index is 0.0934. The molecule has 0 saturated carbocycles. The second-order valence-electron chi connectivity index (χ2n) is 7.36. The van der Waals surface area contributed by atoms with Crippen molar-refractivity contribution in [2.75, 3.05) is 36.1 Å². The number of thioether (sulfide) groups is 1. The SMILES string of the molecule is Cc1cc(NC(=O)[C@H](C)SCC(=O)N2CCC[C@@H]2CN(C)c2ccccc2)no1. The van der Waals surface area contributed by atoms with Gasteiger partial charge in [-0.15, -0.1) is 11.8 Å². The van der Waals surface area contributed by atoms with Crippen molar-refractivity contribution in [1.82, 2.24) is 10.1 Å². The highest BCUT2D eigenvalue weighted by Crippen LogP contribution is 2.23. The highest BCUT2D eigenvalue weighted by atomic mass is 32.2. The number of para-hydroxylation sites is 1. The van der Waals surface area contributed by atoms with Gasteiger partial charge in [0.15, 0.2) is 5.82 Å². The van der Waals surface area contributed by atoms with Crippen molar-refractivity contribution >= 4 is 35.1 Å². The van der Waals surface area contributed by atoms with Crippen molar-refractivity contribution in [3.05, 3.63) is 42.2 Å². The first-order valence-electron chi connectivity index (χ1n) is 9.85. The Morgan fingerprint density at radius 2 is 2.14 bits per heavy atom. The Kier molecular flexibility index (Phi) is 7.19. The van der Waals surface area contributed by atoms with Crippen LogP contribution >= 0.6 is 11.8 Å². The summed E-state index contributed by atoms with van der Waals surface area (Å²) in [6.45, 7) is 5.15. The molecule has 0 bridgehead atoms. The third kappa shape index (κ3) is 5.76. The fourth-order valence-electron chi connectivity index (χ4n) is 3.47. The molecular weight excluding hydrogens is 388 g/mol. The van der Waals surface area contributed by atoms with Gasteiger partial charge in [-0.25, -0.2) is 0 Å². The molecule has 1 N–H and O–H groups in total. The van der Waals surface area contributed by atoms with Crippen LogP contribution in [0.4, 0.5) is 11.5 Å². The van der Waals surface area contributed by atoms with Gasteiger partial charge in [0, 0.05) is 37.9 Å². The molecule has 1 aromatic carbocycles. The monoisotopic (exact) mass is 416 g/mol. The molecule has 2 heterocycles. The van der Waals surface area contributed by atoms with E-state index in [-0.39, 0.29) is 28.9 Å². The van der Waals surface area contributed by atoms with Gasteiger partial charge in [0.05, 0.1) is 11.0 Å². The lowest BCUT2D eigenvalue weighted by Gasteiger charge is -2.30. The zero-order chi connectivity index (χ0) is 20.8.